The number of nitrogens with zero attached hydrogens (tertiary/aromatic N) is 2. The summed E-state index contributed by atoms with van der Waals surface area (Å²) in [5.41, 5.74) is 0.523. The molecule has 0 saturated carbocycles. The lowest BCUT2D eigenvalue weighted by molar-refractivity contribution is 0.0903. The Bertz CT molecular complexity index is 599. The van der Waals surface area contributed by atoms with Gasteiger partial charge in [0.15, 0.2) is 9.84 Å². The van der Waals surface area contributed by atoms with Crippen LogP contribution in [0.5, 0.6) is 0 Å². The van der Waals surface area contributed by atoms with Crippen molar-refractivity contribution in [1.29, 1.82) is 0 Å². The van der Waals surface area contributed by atoms with Crippen molar-refractivity contribution < 1.29 is 13.2 Å². The Balaban J connectivity index is 1.97. The molecule has 0 unspecified atom stereocenters. The zero-order valence-corrected chi connectivity index (χ0v) is 11.8. The summed E-state index contributed by atoms with van der Waals surface area (Å²) in [4.78, 5) is 8.30. The number of hydrogen-bond acceptors (Lipinski definition) is 6. The highest BCUT2D eigenvalue weighted by atomic mass is 35.5. The fourth-order valence-electron chi connectivity index (χ4n) is 2.43. The van der Waals surface area contributed by atoms with Crippen molar-refractivity contribution in [1.82, 2.24) is 9.97 Å². The summed E-state index contributed by atoms with van der Waals surface area (Å²) in [6, 6.07) is 0.166. The van der Waals surface area contributed by atoms with Crippen molar-refractivity contribution in [3.63, 3.8) is 0 Å². The van der Waals surface area contributed by atoms with Gasteiger partial charge < -0.3 is 10.1 Å². The van der Waals surface area contributed by atoms with Gasteiger partial charge in [-0.25, -0.2) is 13.4 Å². The summed E-state index contributed by atoms with van der Waals surface area (Å²) in [7, 11) is -3.28. The molecule has 0 aromatic carbocycles. The van der Waals surface area contributed by atoms with Crippen molar-refractivity contribution in [2.45, 2.75) is 30.2 Å². The Kier molecular flexibility index (Phi) is 3.36. The first-order chi connectivity index (χ1) is 9.06. The minimum Gasteiger partial charge on any atom is -0.381 e. The third kappa shape index (κ3) is 2.54. The Morgan fingerprint density at radius 3 is 2.74 bits per heavy atom. The van der Waals surface area contributed by atoms with E-state index in [4.69, 9.17) is 16.3 Å². The van der Waals surface area contributed by atoms with Crippen LogP contribution in [0.1, 0.15) is 18.5 Å². The van der Waals surface area contributed by atoms with Gasteiger partial charge in [0.25, 0.3) is 0 Å². The molecule has 3 rings (SSSR count). The smallest absolute Gasteiger partial charge is 0.224 e. The number of aromatic nitrogens is 2. The lowest BCUT2D eigenvalue weighted by atomic mass is 10.1. The fourth-order valence-corrected chi connectivity index (χ4v) is 4.19. The monoisotopic (exact) mass is 303 g/mol. The third-order valence-corrected chi connectivity index (χ3v) is 5.35. The van der Waals surface area contributed by atoms with Crippen LogP contribution >= 0.6 is 11.6 Å². The summed E-state index contributed by atoms with van der Waals surface area (Å²) in [6.45, 7) is 1.34. The molecule has 1 aromatic heterocycles. The highest BCUT2D eigenvalue weighted by molar-refractivity contribution is 7.91. The molecular formula is C11H14ClN3O3S. The fraction of sp³-hybridized carbons (Fsp3) is 0.636. The van der Waals surface area contributed by atoms with Crippen LogP contribution in [0.4, 0.5) is 5.82 Å². The van der Waals surface area contributed by atoms with E-state index in [1.54, 1.807) is 0 Å². The molecule has 0 bridgehead atoms. The van der Waals surface area contributed by atoms with Gasteiger partial charge in [-0.05, 0) is 24.4 Å². The Morgan fingerprint density at radius 2 is 2.00 bits per heavy atom. The van der Waals surface area contributed by atoms with E-state index in [0.717, 1.165) is 12.8 Å². The molecule has 3 heterocycles. The zero-order valence-electron chi connectivity index (χ0n) is 10.2. The Labute approximate surface area is 116 Å². The molecule has 19 heavy (non-hydrogen) atoms. The van der Waals surface area contributed by atoms with E-state index in [1.807, 2.05) is 0 Å². The van der Waals surface area contributed by atoms with Crippen LogP contribution in [0.15, 0.2) is 4.90 Å². The van der Waals surface area contributed by atoms with Crippen molar-refractivity contribution >= 4 is 27.3 Å². The Morgan fingerprint density at radius 1 is 1.26 bits per heavy atom. The van der Waals surface area contributed by atoms with E-state index in [1.165, 1.54) is 0 Å². The molecule has 8 heteroatoms. The van der Waals surface area contributed by atoms with Gasteiger partial charge in [-0.15, -0.1) is 0 Å². The average Bonchev–Trinajstić information content (AvgIpc) is 2.66. The van der Waals surface area contributed by atoms with Gasteiger partial charge in [-0.1, -0.05) is 0 Å². The van der Waals surface area contributed by atoms with Gasteiger partial charge in [0, 0.05) is 25.7 Å². The van der Waals surface area contributed by atoms with E-state index in [0.29, 0.717) is 31.1 Å². The molecule has 2 aliphatic rings. The molecule has 6 nitrogen and oxygen atoms in total. The first-order valence-corrected chi connectivity index (χ1v) is 8.23. The van der Waals surface area contributed by atoms with Crippen molar-refractivity contribution in [2.75, 3.05) is 24.3 Å². The quantitative estimate of drug-likeness (QED) is 0.823. The van der Waals surface area contributed by atoms with Gasteiger partial charge in [0.2, 0.25) is 5.28 Å². The molecule has 2 aliphatic heterocycles. The molecule has 1 saturated heterocycles. The number of nitrogens with one attached hydrogen (secondary N) is 1. The lowest BCUT2D eigenvalue weighted by Gasteiger charge is -2.24. The minimum atomic E-state index is -3.28. The number of anilines is 1. The van der Waals surface area contributed by atoms with Crippen molar-refractivity contribution in [3.8, 4) is 0 Å². The van der Waals surface area contributed by atoms with E-state index in [-0.39, 0.29) is 22.0 Å². The van der Waals surface area contributed by atoms with E-state index in [2.05, 4.69) is 15.3 Å². The summed E-state index contributed by atoms with van der Waals surface area (Å²) in [6.07, 6.45) is 2.06. The maximum Gasteiger partial charge on any atom is 0.224 e. The number of aryl methyl sites for hydroxylation is 1. The summed E-state index contributed by atoms with van der Waals surface area (Å²) >= 11 is 5.86. The first-order valence-electron chi connectivity index (χ1n) is 6.20. The van der Waals surface area contributed by atoms with E-state index < -0.39 is 9.84 Å². The number of sulfone groups is 1. The molecule has 104 valence electrons. The van der Waals surface area contributed by atoms with Crippen molar-refractivity contribution in [2.24, 2.45) is 0 Å². The van der Waals surface area contributed by atoms with E-state index >= 15 is 0 Å². The van der Waals surface area contributed by atoms with Crippen LogP contribution in [0.25, 0.3) is 0 Å². The van der Waals surface area contributed by atoms with Gasteiger partial charge in [0.05, 0.1) is 11.4 Å². The lowest BCUT2D eigenvalue weighted by Crippen LogP contribution is -2.29. The third-order valence-electron chi connectivity index (χ3n) is 3.39. The SMILES string of the molecule is O=S1(=O)CCc2nc(Cl)nc(NC3CCOCC3)c21. The largest absolute Gasteiger partial charge is 0.381 e. The maximum atomic E-state index is 12.0. The number of rotatable bonds is 2. The minimum absolute atomic E-state index is 0.0831. The highest BCUT2D eigenvalue weighted by Gasteiger charge is 2.33. The maximum absolute atomic E-state index is 12.0. The standard InChI is InChI=1S/C11H14ClN3O3S/c12-11-14-8-3-6-19(16,17)9(8)10(15-11)13-7-1-4-18-5-2-7/h7H,1-6H2,(H,13,14,15). The second-order valence-corrected chi connectivity index (χ2v) is 7.10. The van der Waals surface area contributed by atoms with E-state index in [9.17, 15) is 8.42 Å². The zero-order chi connectivity index (χ0) is 13.5. The number of halogens is 1. The number of ether oxygens (including phenoxy) is 1. The van der Waals surface area contributed by atoms with Crippen LogP contribution in [0, 0.1) is 0 Å². The number of fused-ring (bicyclic) bond motifs is 1. The van der Waals surface area contributed by atoms with Crippen LogP contribution in [0.2, 0.25) is 5.28 Å². The topological polar surface area (TPSA) is 81.2 Å². The molecular weight excluding hydrogens is 290 g/mol. The highest BCUT2D eigenvalue weighted by Crippen LogP contribution is 2.32. The van der Waals surface area contributed by atoms with Crippen LogP contribution in [-0.2, 0) is 21.0 Å². The molecule has 0 aliphatic carbocycles. The molecule has 1 fully saturated rings. The molecule has 0 spiro atoms. The first kappa shape index (κ1) is 13.1. The van der Waals surface area contributed by atoms with Crippen molar-refractivity contribution in [3.05, 3.63) is 11.0 Å². The molecule has 0 radical (unpaired) electrons. The number of hydrogen-bond donors (Lipinski definition) is 1. The molecule has 0 amide bonds. The van der Waals surface area contributed by atoms with Gasteiger partial charge in [-0.2, -0.15) is 4.98 Å². The summed E-state index contributed by atoms with van der Waals surface area (Å²) in [5.74, 6) is 0.430. The second kappa shape index (κ2) is 4.88. The van der Waals surface area contributed by atoms with Gasteiger partial charge >= 0.3 is 0 Å². The van der Waals surface area contributed by atoms with Gasteiger partial charge in [0.1, 0.15) is 10.7 Å². The van der Waals surface area contributed by atoms with Crippen LogP contribution < -0.4 is 5.32 Å². The summed E-state index contributed by atoms with van der Waals surface area (Å²) in [5, 5.41) is 3.27. The predicted molar refractivity (Wildman–Crippen MR) is 70.3 cm³/mol. The normalized spacial score (nSPS) is 22.2. The second-order valence-electron chi connectivity index (χ2n) is 4.72. The van der Waals surface area contributed by atoms with Gasteiger partial charge in [-0.3, -0.25) is 0 Å². The molecule has 0 atom stereocenters. The van der Waals surface area contributed by atoms with Crippen LogP contribution in [0.3, 0.4) is 0 Å². The van der Waals surface area contributed by atoms with Crippen LogP contribution in [-0.4, -0.2) is 43.4 Å². The average molecular weight is 304 g/mol. The summed E-state index contributed by atoms with van der Waals surface area (Å²) < 4.78 is 29.4. The molecule has 1 aromatic rings. The Hall–Kier alpha value is -0.920. The molecule has 1 N–H and O–H groups in total. The predicted octanol–water partition coefficient (Wildman–Crippen LogP) is 1.05.